The predicted octanol–water partition coefficient (Wildman–Crippen LogP) is 4.10. The number of rotatable bonds is 5. The van der Waals surface area contributed by atoms with Crippen molar-refractivity contribution in [3.63, 3.8) is 0 Å². The first kappa shape index (κ1) is 12.5. The molecule has 13 heavy (non-hydrogen) atoms. The van der Waals surface area contributed by atoms with Crippen LogP contribution in [0.4, 0.5) is 0 Å². The van der Waals surface area contributed by atoms with E-state index in [0.29, 0.717) is 0 Å². The van der Waals surface area contributed by atoms with Crippen molar-refractivity contribution in [2.75, 3.05) is 7.11 Å². The second-order valence-electron chi connectivity index (χ2n) is 2.80. The Morgan fingerprint density at radius 2 is 2.08 bits per heavy atom. The van der Waals surface area contributed by atoms with Gasteiger partial charge in [-0.15, -0.1) is 0 Å². The first-order chi connectivity index (χ1) is 6.15. The van der Waals surface area contributed by atoms with Gasteiger partial charge in [-0.25, -0.2) is 0 Å². The summed E-state index contributed by atoms with van der Waals surface area (Å²) in [5, 5.41) is 0. The van der Waals surface area contributed by atoms with Gasteiger partial charge < -0.3 is 4.18 Å². The summed E-state index contributed by atoms with van der Waals surface area (Å²) in [5.74, 6) is 0. The molecule has 0 radical (unpaired) electrons. The summed E-state index contributed by atoms with van der Waals surface area (Å²) in [6, 6.07) is 0. The Balaban J connectivity index is 4.64. The molecule has 0 aromatic carbocycles. The summed E-state index contributed by atoms with van der Waals surface area (Å²) in [6.45, 7) is 9.98. The van der Waals surface area contributed by atoms with Crippen LogP contribution in [0.15, 0.2) is 34.8 Å². The van der Waals surface area contributed by atoms with Gasteiger partial charge >= 0.3 is 0 Å². The largest absolute Gasteiger partial charge is 0.314 e. The van der Waals surface area contributed by atoms with E-state index >= 15 is 0 Å². The summed E-state index contributed by atoms with van der Waals surface area (Å²) < 4.78 is 5.03. The second-order valence-corrected chi connectivity index (χ2v) is 3.80. The molecule has 0 aromatic heterocycles. The highest BCUT2D eigenvalue weighted by molar-refractivity contribution is 7.98. The summed E-state index contributed by atoms with van der Waals surface area (Å²) >= 11 is 1.44. The molecule has 0 N–H and O–H groups in total. The molecule has 0 saturated heterocycles. The maximum atomic E-state index is 5.03. The van der Waals surface area contributed by atoms with E-state index in [9.17, 15) is 0 Å². The smallest absolute Gasteiger partial charge is 0.0508 e. The van der Waals surface area contributed by atoms with Crippen LogP contribution in [0.5, 0.6) is 0 Å². The second kappa shape index (κ2) is 6.98. The minimum Gasteiger partial charge on any atom is -0.314 e. The van der Waals surface area contributed by atoms with Gasteiger partial charge in [0.05, 0.1) is 7.11 Å². The minimum absolute atomic E-state index is 1.01. The molecule has 0 aliphatic rings. The standard InChI is InChI=1S/C11H18OS/c1-6-9(3)8-10(4)11(7-2)13-12-5/h6,8H,1,7H2,2-5H3/b9-8-,11-10+. The van der Waals surface area contributed by atoms with Crippen molar-refractivity contribution in [1.29, 1.82) is 0 Å². The van der Waals surface area contributed by atoms with E-state index in [0.717, 1.165) is 6.42 Å². The Labute approximate surface area is 85.8 Å². The van der Waals surface area contributed by atoms with Gasteiger partial charge in [0.1, 0.15) is 0 Å². The van der Waals surface area contributed by atoms with Crippen LogP contribution in [0, 0.1) is 0 Å². The van der Waals surface area contributed by atoms with Gasteiger partial charge in [-0.2, -0.15) is 0 Å². The van der Waals surface area contributed by atoms with Crippen LogP contribution in [0.3, 0.4) is 0 Å². The van der Waals surface area contributed by atoms with Crippen molar-refractivity contribution in [2.45, 2.75) is 27.2 Å². The van der Waals surface area contributed by atoms with E-state index in [1.165, 1.54) is 28.1 Å². The van der Waals surface area contributed by atoms with Crippen LogP contribution in [0.25, 0.3) is 0 Å². The summed E-state index contributed by atoms with van der Waals surface area (Å²) in [5.41, 5.74) is 2.44. The van der Waals surface area contributed by atoms with Crippen LogP contribution in [-0.2, 0) is 4.18 Å². The quantitative estimate of drug-likeness (QED) is 0.486. The van der Waals surface area contributed by atoms with Crippen LogP contribution in [0.1, 0.15) is 27.2 Å². The van der Waals surface area contributed by atoms with Crippen molar-refractivity contribution in [1.82, 2.24) is 0 Å². The molecular weight excluding hydrogens is 180 g/mol. The van der Waals surface area contributed by atoms with E-state index < -0.39 is 0 Å². The van der Waals surface area contributed by atoms with E-state index in [4.69, 9.17) is 4.18 Å². The molecular formula is C11H18OS. The Hall–Kier alpha value is -0.470. The Morgan fingerprint density at radius 3 is 2.46 bits per heavy atom. The Morgan fingerprint density at radius 1 is 1.46 bits per heavy atom. The Kier molecular flexibility index (Phi) is 6.73. The fraction of sp³-hybridized carbons (Fsp3) is 0.455. The molecule has 0 fully saturated rings. The Bertz CT molecular complexity index is 226. The fourth-order valence-electron chi connectivity index (χ4n) is 0.985. The lowest BCUT2D eigenvalue weighted by Gasteiger charge is -2.04. The van der Waals surface area contributed by atoms with Crippen LogP contribution in [0.2, 0.25) is 0 Å². The maximum Gasteiger partial charge on any atom is 0.0508 e. The zero-order chi connectivity index (χ0) is 10.3. The molecule has 0 heterocycles. The topological polar surface area (TPSA) is 9.23 Å². The van der Waals surface area contributed by atoms with Gasteiger partial charge in [0.25, 0.3) is 0 Å². The SMILES string of the molecule is C=C/C(C)=C\C(C)=C(/CC)SOC. The summed E-state index contributed by atoms with van der Waals surface area (Å²) in [6.07, 6.45) is 4.98. The zero-order valence-corrected chi connectivity index (χ0v) is 9.70. The van der Waals surface area contributed by atoms with Gasteiger partial charge in [0.15, 0.2) is 0 Å². The van der Waals surface area contributed by atoms with Crippen molar-refractivity contribution in [3.8, 4) is 0 Å². The number of allylic oxidation sites excluding steroid dienone is 5. The molecule has 0 spiro atoms. The molecule has 0 aromatic rings. The maximum absolute atomic E-state index is 5.03. The monoisotopic (exact) mass is 198 g/mol. The highest BCUT2D eigenvalue weighted by Crippen LogP contribution is 2.24. The third-order valence-corrected chi connectivity index (χ3v) is 2.69. The van der Waals surface area contributed by atoms with Crippen LogP contribution < -0.4 is 0 Å². The molecule has 0 unspecified atom stereocenters. The molecule has 0 aliphatic carbocycles. The van der Waals surface area contributed by atoms with Crippen molar-refractivity contribution in [2.24, 2.45) is 0 Å². The molecule has 0 rings (SSSR count). The average Bonchev–Trinajstić information content (AvgIpc) is 2.13. The number of hydrogen-bond donors (Lipinski definition) is 0. The van der Waals surface area contributed by atoms with Gasteiger partial charge in [-0.1, -0.05) is 31.2 Å². The lowest BCUT2D eigenvalue weighted by atomic mass is 10.1. The molecule has 1 nitrogen and oxygen atoms in total. The third kappa shape index (κ3) is 4.96. The number of hydrogen-bond acceptors (Lipinski definition) is 2. The summed E-state index contributed by atoms with van der Waals surface area (Å²) in [4.78, 5) is 1.27. The van der Waals surface area contributed by atoms with E-state index in [1.54, 1.807) is 7.11 Å². The highest BCUT2D eigenvalue weighted by Gasteiger charge is 1.98. The van der Waals surface area contributed by atoms with Gasteiger partial charge in [-0.3, -0.25) is 0 Å². The first-order valence-electron chi connectivity index (χ1n) is 4.36. The third-order valence-electron chi connectivity index (χ3n) is 1.71. The molecule has 0 atom stereocenters. The molecule has 0 amide bonds. The van der Waals surface area contributed by atoms with E-state index in [1.807, 2.05) is 13.0 Å². The predicted molar refractivity (Wildman–Crippen MR) is 61.5 cm³/mol. The zero-order valence-electron chi connectivity index (χ0n) is 8.89. The van der Waals surface area contributed by atoms with Crippen molar-refractivity contribution < 1.29 is 4.18 Å². The van der Waals surface area contributed by atoms with Crippen molar-refractivity contribution in [3.05, 3.63) is 34.8 Å². The van der Waals surface area contributed by atoms with Gasteiger partial charge in [0.2, 0.25) is 0 Å². The first-order valence-corrected chi connectivity index (χ1v) is 5.11. The van der Waals surface area contributed by atoms with Crippen LogP contribution >= 0.6 is 12.0 Å². The van der Waals surface area contributed by atoms with Crippen molar-refractivity contribution >= 4 is 12.0 Å². The molecule has 0 aliphatic heterocycles. The van der Waals surface area contributed by atoms with Gasteiger partial charge in [-0.05, 0) is 25.8 Å². The minimum atomic E-state index is 1.01. The van der Waals surface area contributed by atoms with E-state index in [2.05, 4.69) is 26.5 Å². The summed E-state index contributed by atoms with van der Waals surface area (Å²) in [7, 11) is 1.69. The van der Waals surface area contributed by atoms with E-state index in [-0.39, 0.29) is 0 Å². The van der Waals surface area contributed by atoms with Crippen LogP contribution in [-0.4, -0.2) is 7.11 Å². The molecule has 0 saturated carbocycles. The highest BCUT2D eigenvalue weighted by atomic mass is 32.2. The van der Waals surface area contributed by atoms with Gasteiger partial charge in [0, 0.05) is 16.9 Å². The lowest BCUT2D eigenvalue weighted by Crippen LogP contribution is -1.82. The fourth-order valence-corrected chi connectivity index (χ4v) is 1.49. The molecule has 2 heteroatoms. The average molecular weight is 198 g/mol. The molecule has 0 bridgehead atoms. The lowest BCUT2D eigenvalue weighted by molar-refractivity contribution is 0.492. The molecule has 74 valence electrons. The normalized spacial score (nSPS) is 14.0.